The van der Waals surface area contributed by atoms with Gasteiger partial charge in [0.25, 0.3) is 0 Å². The maximum absolute atomic E-state index is 13.0. The Labute approximate surface area is 149 Å². The van der Waals surface area contributed by atoms with Gasteiger partial charge in [-0.05, 0) is 43.3 Å². The Balaban J connectivity index is 1.79. The molecule has 2 N–H and O–H groups in total. The highest BCUT2D eigenvalue weighted by Gasteiger charge is 2.13. The van der Waals surface area contributed by atoms with Gasteiger partial charge in [0.1, 0.15) is 5.82 Å². The van der Waals surface area contributed by atoms with Gasteiger partial charge in [-0.25, -0.2) is 9.18 Å². The van der Waals surface area contributed by atoms with Crippen LogP contribution in [0.5, 0.6) is 0 Å². The number of rotatable bonds is 6. The molecule has 7 nitrogen and oxygen atoms in total. The summed E-state index contributed by atoms with van der Waals surface area (Å²) in [5, 5.41) is 13.8. The number of nitrogens with one attached hydrogen (secondary N) is 2. The van der Waals surface area contributed by atoms with E-state index in [1.54, 1.807) is 43.3 Å². The van der Waals surface area contributed by atoms with Gasteiger partial charge >= 0.3 is 5.97 Å². The molecule has 0 aliphatic rings. The summed E-state index contributed by atoms with van der Waals surface area (Å²) in [4.78, 5) is 16.3. The molecule has 3 aromatic rings. The molecule has 0 atom stereocenters. The number of hydrogen-bond acceptors (Lipinski definition) is 7. The predicted molar refractivity (Wildman–Crippen MR) is 95.2 cm³/mol. The minimum absolute atomic E-state index is 0.203. The van der Waals surface area contributed by atoms with Crippen molar-refractivity contribution in [2.75, 3.05) is 17.2 Å². The number of carbonyl (C=O) groups excluding carboxylic acids is 1. The molecule has 0 radical (unpaired) electrons. The Hall–Kier alpha value is -3.55. The van der Waals surface area contributed by atoms with Crippen molar-refractivity contribution < 1.29 is 13.9 Å². The average Bonchev–Trinajstić information content (AvgIpc) is 2.65. The molecule has 26 heavy (non-hydrogen) atoms. The van der Waals surface area contributed by atoms with E-state index in [4.69, 9.17) is 4.74 Å². The van der Waals surface area contributed by atoms with Crippen LogP contribution in [0.15, 0.2) is 54.7 Å². The average molecular weight is 353 g/mol. The molecule has 1 heterocycles. The molecule has 0 bridgehead atoms. The molecule has 2 aromatic carbocycles. The van der Waals surface area contributed by atoms with Crippen LogP contribution in [0.2, 0.25) is 0 Å². The molecule has 0 aliphatic heterocycles. The maximum atomic E-state index is 13.0. The number of nitrogens with zero attached hydrogens (tertiary/aromatic N) is 3. The highest BCUT2D eigenvalue weighted by molar-refractivity contribution is 5.96. The SMILES string of the molecule is CCOC(=O)c1ccccc1Nc1nncc(Nc2ccc(F)cc2)n1. The van der Waals surface area contributed by atoms with E-state index in [-0.39, 0.29) is 18.4 Å². The molecule has 1 aromatic heterocycles. The van der Waals surface area contributed by atoms with Gasteiger partial charge in [0.2, 0.25) is 5.95 Å². The standard InChI is InChI=1S/C18H16FN5O2/c1-2-26-17(25)14-5-3-4-6-15(14)22-18-23-16(11-20-24-18)21-13-9-7-12(19)8-10-13/h3-11H,2H2,1H3,(H2,21,22,23,24). The number of aromatic nitrogens is 3. The van der Waals surface area contributed by atoms with E-state index < -0.39 is 5.97 Å². The number of halogens is 1. The lowest BCUT2D eigenvalue weighted by Gasteiger charge is -2.10. The molecule has 0 unspecified atom stereocenters. The zero-order valence-electron chi connectivity index (χ0n) is 13.9. The molecule has 8 heteroatoms. The fraction of sp³-hybridized carbons (Fsp3) is 0.111. The first-order valence-corrected chi connectivity index (χ1v) is 7.91. The largest absolute Gasteiger partial charge is 0.462 e. The molecule has 0 fully saturated rings. The minimum Gasteiger partial charge on any atom is -0.462 e. The van der Waals surface area contributed by atoms with Crippen molar-refractivity contribution in [1.82, 2.24) is 15.2 Å². The minimum atomic E-state index is -0.441. The summed E-state index contributed by atoms with van der Waals surface area (Å²) in [5.41, 5.74) is 1.53. The summed E-state index contributed by atoms with van der Waals surface area (Å²) in [5.74, 6) is -0.143. The highest BCUT2D eigenvalue weighted by atomic mass is 19.1. The number of hydrogen-bond donors (Lipinski definition) is 2. The number of ether oxygens (including phenoxy) is 1. The topological polar surface area (TPSA) is 89.0 Å². The van der Waals surface area contributed by atoms with Crippen LogP contribution < -0.4 is 10.6 Å². The molecular formula is C18H16FN5O2. The molecule has 132 valence electrons. The second-order valence-corrected chi connectivity index (χ2v) is 5.19. The number of carbonyl (C=O) groups is 1. The van der Waals surface area contributed by atoms with Crippen LogP contribution >= 0.6 is 0 Å². The van der Waals surface area contributed by atoms with Crippen LogP contribution in [0.25, 0.3) is 0 Å². The van der Waals surface area contributed by atoms with Crippen molar-refractivity contribution in [1.29, 1.82) is 0 Å². The van der Waals surface area contributed by atoms with Crippen molar-refractivity contribution in [3.05, 3.63) is 66.1 Å². The fourth-order valence-electron chi connectivity index (χ4n) is 2.20. The Morgan fingerprint density at radius 3 is 2.65 bits per heavy atom. The third kappa shape index (κ3) is 4.29. The number of anilines is 4. The van der Waals surface area contributed by atoms with Crippen LogP contribution in [0.4, 0.5) is 27.5 Å². The Kier molecular flexibility index (Phi) is 5.33. The summed E-state index contributed by atoms with van der Waals surface area (Å²) in [6, 6.07) is 12.7. The molecule has 0 amide bonds. The second kappa shape index (κ2) is 8.02. The third-order valence-corrected chi connectivity index (χ3v) is 3.34. The summed E-state index contributed by atoms with van der Waals surface area (Å²) in [6.45, 7) is 2.02. The predicted octanol–water partition coefficient (Wildman–Crippen LogP) is 3.67. The number of benzene rings is 2. The smallest absolute Gasteiger partial charge is 0.340 e. The van der Waals surface area contributed by atoms with Gasteiger partial charge in [-0.3, -0.25) is 0 Å². The van der Waals surface area contributed by atoms with Gasteiger partial charge in [-0.2, -0.15) is 10.1 Å². The van der Waals surface area contributed by atoms with Crippen LogP contribution in [0, 0.1) is 5.82 Å². The number of esters is 1. The van der Waals surface area contributed by atoms with Crippen molar-refractivity contribution >= 4 is 29.1 Å². The van der Waals surface area contributed by atoms with Crippen LogP contribution in [0.1, 0.15) is 17.3 Å². The van der Waals surface area contributed by atoms with Crippen LogP contribution in [0.3, 0.4) is 0 Å². The molecule has 0 aliphatic carbocycles. The summed E-state index contributed by atoms with van der Waals surface area (Å²) >= 11 is 0. The molecular weight excluding hydrogens is 337 g/mol. The van der Waals surface area contributed by atoms with E-state index in [0.717, 1.165) is 0 Å². The second-order valence-electron chi connectivity index (χ2n) is 5.19. The lowest BCUT2D eigenvalue weighted by molar-refractivity contribution is 0.0527. The summed E-state index contributed by atoms with van der Waals surface area (Å²) in [6.07, 6.45) is 1.44. The lowest BCUT2D eigenvalue weighted by atomic mass is 10.2. The Morgan fingerprint density at radius 2 is 1.88 bits per heavy atom. The van der Waals surface area contributed by atoms with Crippen molar-refractivity contribution in [3.63, 3.8) is 0 Å². The maximum Gasteiger partial charge on any atom is 0.340 e. The molecule has 3 rings (SSSR count). The first-order valence-electron chi connectivity index (χ1n) is 7.91. The van der Waals surface area contributed by atoms with E-state index in [0.29, 0.717) is 22.8 Å². The van der Waals surface area contributed by atoms with E-state index in [1.807, 2.05) is 0 Å². The zero-order chi connectivity index (χ0) is 18.4. The van der Waals surface area contributed by atoms with Crippen molar-refractivity contribution in [2.24, 2.45) is 0 Å². The molecule has 0 saturated heterocycles. The van der Waals surface area contributed by atoms with Gasteiger partial charge in [0.15, 0.2) is 5.82 Å². The summed E-state index contributed by atoms with van der Waals surface area (Å²) in [7, 11) is 0. The van der Waals surface area contributed by atoms with Crippen molar-refractivity contribution in [3.8, 4) is 0 Å². The van der Waals surface area contributed by atoms with E-state index in [1.165, 1.54) is 18.3 Å². The monoisotopic (exact) mass is 353 g/mol. The lowest BCUT2D eigenvalue weighted by Crippen LogP contribution is -2.09. The van der Waals surface area contributed by atoms with Crippen molar-refractivity contribution in [2.45, 2.75) is 6.92 Å². The van der Waals surface area contributed by atoms with Gasteiger partial charge in [0.05, 0.1) is 24.1 Å². The van der Waals surface area contributed by atoms with Gasteiger partial charge < -0.3 is 15.4 Å². The Morgan fingerprint density at radius 1 is 1.12 bits per heavy atom. The summed E-state index contributed by atoms with van der Waals surface area (Å²) < 4.78 is 18.0. The van der Waals surface area contributed by atoms with E-state index >= 15 is 0 Å². The normalized spacial score (nSPS) is 10.2. The van der Waals surface area contributed by atoms with Gasteiger partial charge in [-0.15, -0.1) is 5.10 Å². The van der Waals surface area contributed by atoms with Crippen LogP contribution in [-0.2, 0) is 4.74 Å². The first-order chi connectivity index (χ1) is 12.7. The molecule has 0 spiro atoms. The van der Waals surface area contributed by atoms with Gasteiger partial charge in [-0.1, -0.05) is 12.1 Å². The van der Waals surface area contributed by atoms with Crippen LogP contribution in [-0.4, -0.2) is 27.8 Å². The quantitative estimate of drug-likeness (QED) is 0.654. The van der Waals surface area contributed by atoms with E-state index in [9.17, 15) is 9.18 Å². The Bertz CT molecular complexity index is 902. The van der Waals surface area contributed by atoms with E-state index in [2.05, 4.69) is 25.8 Å². The highest BCUT2D eigenvalue weighted by Crippen LogP contribution is 2.21. The fourth-order valence-corrected chi connectivity index (χ4v) is 2.20. The first kappa shape index (κ1) is 17.3. The third-order valence-electron chi connectivity index (χ3n) is 3.34. The number of para-hydroxylation sites is 1. The zero-order valence-corrected chi connectivity index (χ0v) is 13.9. The van der Waals surface area contributed by atoms with Gasteiger partial charge in [0, 0.05) is 5.69 Å². The molecule has 0 saturated carbocycles.